The van der Waals surface area contributed by atoms with Crippen LogP contribution >= 0.6 is 11.6 Å². The fourth-order valence-corrected chi connectivity index (χ4v) is 3.39. The first-order valence-corrected chi connectivity index (χ1v) is 8.88. The smallest absolute Gasteiger partial charge is 0.176 e. The molecule has 3 rings (SSSR count). The lowest BCUT2D eigenvalue weighted by Crippen LogP contribution is -2.25. The number of carbonyl (C=O) groups is 1. The van der Waals surface area contributed by atoms with Crippen LogP contribution in [0.1, 0.15) is 55.9 Å². The Hall–Kier alpha value is -1.75. The first-order valence-electron chi connectivity index (χ1n) is 8.50. The molecule has 0 amide bonds. The molecule has 0 N–H and O–H groups in total. The van der Waals surface area contributed by atoms with E-state index in [1.807, 2.05) is 0 Å². The van der Waals surface area contributed by atoms with Gasteiger partial charge in [0.25, 0.3) is 0 Å². The summed E-state index contributed by atoms with van der Waals surface area (Å²) in [6, 6.07) is 3.50. The van der Waals surface area contributed by atoms with E-state index >= 15 is 0 Å². The van der Waals surface area contributed by atoms with Crippen LogP contribution in [0, 0.1) is 17.8 Å². The summed E-state index contributed by atoms with van der Waals surface area (Å²) >= 11 is 5.85. The Balaban J connectivity index is 2.12. The highest BCUT2D eigenvalue weighted by atomic mass is 35.5. The number of hydrogen-bond acceptors (Lipinski definition) is 4. The van der Waals surface area contributed by atoms with E-state index in [0.29, 0.717) is 35.1 Å². The van der Waals surface area contributed by atoms with Crippen molar-refractivity contribution in [3.8, 4) is 5.82 Å². The fraction of sp³-hybridized carbons (Fsp3) is 0.556. The fourth-order valence-electron chi connectivity index (χ4n) is 3.29. The zero-order chi connectivity index (χ0) is 17.4. The zero-order valence-electron chi connectivity index (χ0n) is 14.6. The third-order valence-corrected chi connectivity index (χ3v) is 4.82. The molecule has 0 bridgehead atoms. The molecule has 6 heteroatoms. The van der Waals surface area contributed by atoms with E-state index in [0.717, 1.165) is 29.8 Å². The van der Waals surface area contributed by atoms with E-state index in [4.69, 9.17) is 16.7 Å². The molecule has 128 valence electrons. The third kappa shape index (κ3) is 3.22. The highest BCUT2D eigenvalue weighted by Gasteiger charge is 2.34. The Labute approximate surface area is 147 Å². The molecular formula is C18H23ClN4O. The molecule has 0 aromatic carbocycles. The predicted octanol–water partition coefficient (Wildman–Crippen LogP) is 3.92. The maximum absolute atomic E-state index is 12.8. The maximum Gasteiger partial charge on any atom is 0.176 e. The molecule has 0 saturated heterocycles. The second-order valence-corrected chi connectivity index (χ2v) is 7.72. The highest BCUT2D eigenvalue weighted by molar-refractivity contribution is 6.29. The van der Waals surface area contributed by atoms with E-state index in [9.17, 15) is 4.79 Å². The van der Waals surface area contributed by atoms with Crippen LogP contribution in [0.15, 0.2) is 12.1 Å². The maximum atomic E-state index is 12.8. The molecule has 2 aromatic rings. The Bertz CT molecular complexity index is 749. The summed E-state index contributed by atoms with van der Waals surface area (Å²) < 4.78 is 1.79. The van der Waals surface area contributed by atoms with E-state index in [1.54, 1.807) is 16.8 Å². The number of fused-ring (bicyclic) bond motifs is 1. The van der Waals surface area contributed by atoms with Crippen LogP contribution in [-0.4, -0.2) is 25.8 Å². The molecule has 1 unspecified atom stereocenters. The molecule has 2 aromatic heterocycles. The standard InChI is InChI=1S/C18H23ClN4O/c1-10(2)7-13-18-14(8-12(11(3)4)9-15(18)24)23(22-13)17-6-5-16(19)20-21-17/h5-6,10-12H,7-9H2,1-4H3. The number of nitrogens with zero attached hydrogens (tertiary/aromatic N) is 4. The Morgan fingerprint density at radius 2 is 1.96 bits per heavy atom. The van der Waals surface area contributed by atoms with Crippen molar-refractivity contribution in [1.82, 2.24) is 20.0 Å². The number of hydrogen-bond donors (Lipinski definition) is 0. The Morgan fingerprint density at radius 1 is 1.21 bits per heavy atom. The number of ketones is 1. The molecule has 1 aliphatic carbocycles. The van der Waals surface area contributed by atoms with Gasteiger partial charge in [-0.2, -0.15) is 5.10 Å². The predicted molar refractivity (Wildman–Crippen MR) is 93.7 cm³/mol. The molecule has 2 heterocycles. The average molecular weight is 347 g/mol. The SMILES string of the molecule is CC(C)Cc1nn(-c2ccc(Cl)nn2)c2c1C(=O)CC(C(C)C)C2. The van der Waals surface area contributed by atoms with Crippen LogP contribution in [0.4, 0.5) is 0 Å². The van der Waals surface area contributed by atoms with Crippen LogP contribution in [0.5, 0.6) is 0 Å². The van der Waals surface area contributed by atoms with Crippen molar-refractivity contribution in [3.05, 3.63) is 34.2 Å². The van der Waals surface area contributed by atoms with E-state index in [1.165, 1.54) is 0 Å². The van der Waals surface area contributed by atoms with Gasteiger partial charge in [0.1, 0.15) is 0 Å². The zero-order valence-corrected chi connectivity index (χ0v) is 15.3. The molecule has 1 aliphatic rings. The van der Waals surface area contributed by atoms with Gasteiger partial charge in [-0.15, -0.1) is 10.2 Å². The van der Waals surface area contributed by atoms with Crippen molar-refractivity contribution in [1.29, 1.82) is 0 Å². The van der Waals surface area contributed by atoms with Crippen molar-refractivity contribution in [2.45, 2.75) is 47.0 Å². The summed E-state index contributed by atoms with van der Waals surface area (Å²) in [6.45, 7) is 8.61. The van der Waals surface area contributed by atoms with Crippen molar-refractivity contribution in [3.63, 3.8) is 0 Å². The van der Waals surface area contributed by atoms with Gasteiger partial charge in [-0.1, -0.05) is 39.3 Å². The molecular weight excluding hydrogens is 324 g/mol. The van der Waals surface area contributed by atoms with Crippen LogP contribution in [0.2, 0.25) is 5.15 Å². The monoisotopic (exact) mass is 346 g/mol. The molecule has 5 nitrogen and oxygen atoms in total. The lowest BCUT2D eigenvalue weighted by Gasteiger charge is -2.25. The van der Waals surface area contributed by atoms with Gasteiger partial charge in [0.2, 0.25) is 0 Å². The van der Waals surface area contributed by atoms with Crippen LogP contribution in [0.25, 0.3) is 5.82 Å². The minimum Gasteiger partial charge on any atom is -0.294 e. The minimum absolute atomic E-state index is 0.207. The third-order valence-electron chi connectivity index (χ3n) is 4.61. The average Bonchev–Trinajstić information content (AvgIpc) is 2.86. The summed E-state index contributed by atoms with van der Waals surface area (Å²) in [6.07, 6.45) is 2.23. The summed E-state index contributed by atoms with van der Waals surface area (Å²) in [5.41, 5.74) is 2.65. The van der Waals surface area contributed by atoms with Crippen molar-refractivity contribution >= 4 is 17.4 Å². The van der Waals surface area contributed by atoms with Crippen molar-refractivity contribution in [2.75, 3.05) is 0 Å². The highest BCUT2D eigenvalue weighted by Crippen LogP contribution is 2.33. The van der Waals surface area contributed by atoms with Crippen molar-refractivity contribution in [2.24, 2.45) is 17.8 Å². The van der Waals surface area contributed by atoms with Gasteiger partial charge >= 0.3 is 0 Å². The van der Waals surface area contributed by atoms with E-state index in [2.05, 4.69) is 37.9 Å². The van der Waals surface area contributed by atoms with E-state index in [-0.39, 0.29) is 5.78 Å². The summed E-state index contributed by atoms with van der Waals surface area (Å²) in [7, 11) is 0. The molecule has 24 heavy (non-hydrogen) atoms. The van der Waals surface area contributed by atoms with Crippen LogP contribution in [-0.2, 0) is 12.8 Å². The summed E-state index contributed by atoms with van der Waals surface area (Å²) in [5, 5.41) is 13.1. The largest absolute Gasteiger partial charge is 0.294 e. The Morgan fingerprint density at radius 3 is 2.54 bits per heavy atom. The van der Waals surface area contributed by atoms with Crippen LogP contribution < -0.4 is 0 Å². The van der Waals surface area contributed by atoms with Crippen molar-refractivity contribution < 1.29 is 4.79 Å². The lowest BCUT2D eigenvalue weighted by molar-refractivity contribution is 0.0931. The molecule has 1 atom stereocenters. The number of carbonyl (C=O) groups excluding carboxylic acids is 1. The molecule has 0 saturated carbocycles. The molecule has 0 aliphatic heterocycles. The first-order chi connectivity index (χ1) is 11.4. The topological polar surface area (TPSA) is 60.7 Å². The molecule has 0 fully saturated rings. The van der Waals surface area contributed by atoms with Crippen LogP contribution in [0.3, 0.4) is 0 Å². The van der Waals surface area contributed by atoms with Gasteiger partial charge in [-0.3, -0.25) is 4.79 Å². The van der Waals surface area contributed by atoms with E-state index < -0.39 is 0 Å². The number of aromatic nitrogens is 4. The quantitative estimate of drug-likeness (QED) is 0.841. The number of Topliss-reactive ketones (excluding diaryl/α,β-unsaturated/α-hetero) is 1. The number of halogens is 1. The normalized spacial score (nSPS) is 17.6. The second-order valence-electron chi connectivity index (χ2n) is 7.33. The summed E-state index contributed by atoms with van der Waals surface area (Å²) in [5.74, 6) is 2.05. The molecule has 0 radical (unpaired) electrons. The lowest BCUT2D eigenvalue weighted by atomic mass is 9.79. The number of rotatable bonds is 4. The molecule has 0 spiro atoms. The van der Waals surface area contributed by atoms with Gasteiger partial charge < -0.3 is 0 Å². The van der Waals surface area contributed by atoms with Gasteiger partial charge in [-0.05, 0) is 42.7 Å². The minimum atomic E-state index is 0.207. The van der Waals surface area contributed by atoms with Gasteiger partial charge in [-0.25, -0.2) is 4.68 Å². The Kier molecular flexibility index (Phi) is 4.72. The van der Waals surface area contributed by atoms with Gasteiger partial charge in [0.15, 0.2) is 16.8 Å². The second kappa shape index (κ2) is 6.63. The summed E-state index contributed by atoms with van der Waals surface area (Å²) in [4.78, 5) is 12.8. The first kappa shape index (κ1) is 17.1. The van der Waals surface area contributed by atoms with Gasteiger partial charge in [0, 0.05) is 6.42 Å². The van der Waals surface area contributed by atoms with Gasteiger partial charge in [0.05, 0.1) is 17.0 Å².